The van der Waals surface area contributed by atoms with Crippen molar-refractivity contribution in [2.24, 2.45) is 5.73 Å². The van der Waals surface area contributed by atoms with E-state index in [1.165, 1.54) is 11.3 Å². The minimum absolute atomic E-state index is 0.278. The van der Waals surface area contributed by atoms with Gasteiger partial charge in [-0.25, -0.2) is 14.8 Å². The largest absolute Gasteiger partial charge is 0.462 e. The van der Waals surface area contributed by atoms with E-state index >= 15 is 0 Å². The molecule has 2 heterocycles. The number of thiophene rings is 1. The van der Waals surface area contributed by atoms with Crippen molar-refractivity contribution in [2.75, 3.05) is 11.9 Å². The fourth-order valence-corrected chi connectivity index (χ4v) is 5.38. The van der Waals surface area contributed by atoms with Crippen LogP contribution in [0.2, 0.25) is 0 Å². The van der Waals surface area contributed by atoms with E-state index in [0.29, 0.717) is 38.1 Å². The van der Waals surface area contributed by atoms with Gasteiger partial charge in [0.05, 0.1) is 17.7 Å². The second kappa shape index (κ2) is 10.7. The van der Waals surface area contributed by atoms with E-state index in [-0.39, 0.29) is 6.61 Å². The number of fused-ring (bicyclic) bond motifs is 1. The smallest absolute Gasteiger partial charge is 0.348 e. The number of anilines is 1. The molecule has 34 heavy (non-hydrogen) atoms. The van der Waals surface area contributed by atoms with Crippen LogP contribution in [0.5, 0.6) is 0 Å². The van der Waals surface area contributed by atoms with Crippen LogP contribution in [0.1, 0.15) is 39.6 Å². The first-order valence-corrected chi connectivity index (χ1v) is 12.5. The number of aromatic nitrogens is 2. The lowest BCUT2D eigenvalue weighted by Gasteiger charge is -2.18. The topological polar surface area (TPSA) is 107 Å². The van der Waals surface area contributed by atoms with Crippen LogP contribution in [0.3, 0.4) is 0 Å². The number of nitrogens with zero attached hydrogens (tertiary/aromatic N) is 2. The number of thioether (sulfide) groups is 1. The Labute approximate surface area is 205 Å². The first-order valence-electron chi connectivity index (χ1n) is 10.7. The second-order valence-corrected chi connectivity index (χ2v) is 9.49. The highest BCUT2D eigenvalue weighted by Gasteiger charge is 2.25. The molecule has 4 aromatic rings. The van der Waals surface area contributed by atoms with Gasteiger partial charge in [0.15, 0.2) is 0 Å². The Morgan fingerprint density at radius 1 is 1.09 bits per heavy atom. The van der Waals surface area contributed by atoms with Crippen molar-refractivity contribution >= 4 is 51.0 Å². The van der Waals surface area contributed by atoms with Crippen LogP contribution in [0, 0.1) is 6.92 Å². The van der Waals surface area contributed by atoms with Crippen LogP contribution in [0.4, 0.5) is 5.82 Å². The van der Waals surface area contributed by atoms with Crippen molar-refractivity contribution in [2.45, 2.75) is 30.5 Å². The highest BCUT2D eigenvalue weighted by Crippen LogP contribution is 2.36. The second-order valence-electron chi connectivity index (χ2n) is 7.44. The van der Waals surface area contributed by atoms with Gasteiger partial charge in [-0.3, -0.25) is 4.79 Å². The average Bonchev–Trinajstić information content (AvgIpc) is 3.19. The third-order valence-electron chi connectivity index (χ3n) is 5.11. The van der Waals surface area contributed by atoms with E-state index in [1.807, 2.05) is 67.6 Å². The molecule has 0 unspecified atom stereocenters. The molecule has 4 rings (SSSR count). The molecule has 0 bridgehead atoms. The number of carbonyl (C=O) groups excluding carboxylic acids is 2. The van der Waals surface area contributed by atoms with E-state index in [9.17, 15) is 9.59 Å². The van der Waals surface area contributed by atoms with E-state index in [4.69, 9.17) is 20.4 Å². The lowest BCUT2D eigenvalue weighted by atomic mass is 10.1. The van der Waals surface area contributed by atoms with Gasteiger partial charge in [0, 0.05) is 4.90 Å². The molecule has 0 aliphatic carbocycles. The number of hydrogen-bond acceptors (Lipinski definition) is 8. The van der Waals surface area contributed by atoms with Crippen LogP contribution in [0.15, 0.2) is 65.6 Å². The normalized spacial score (nSPS) is 11.8. The quantitative estimate of drug-likeness (QED) is 0.247. The van der Waals surface area contributed by atoms with Crippen LogP contribution < -0.4 is 11.1 Å². The van der Waals surface area contributed by atoms with Gasteiger partial charge in [-0.1, -0.05) is 48.5 Å². The summed E-state index contributed by atoms with van der Waals surface area (Å²) in [6.07, 6.45) is 0. The minimum Gasteiger partial charge on any atom is -0.462 e. The number of carbonyl (C=O) groups is 2. The number of benzene rings is 2. The maximum Gasteiger partial charge on any atom is 0.348 e. The van der Waals surface area contributed by atoms with Crippen LogP contribution >= 0.6 is 23.1 Å². The first kappa shape index (κ1) is 23.7. The zero-order valence-corrected chi connectivity index (χ0v) is 20.4. The third-order valence-corrected chi connectivity index (χ3v) is 7.28. The average molecular weight is 493 g/mol. The van der Waals surface area contributed by atoms with E-state index in [0.717, 1.165) is 10.5 Å². The Bertz CT molecular complexity index is 1310. The van der Waals surface area contributed by atoms with Gasteiger partial charge in [0.2, 0.25) is 5.91 Å². The fraction of sp³-hybridized carbons (Fsp3) is 0.200. The summed E-state index contributed by atoms with van der Waals surface area (Å²) < 4.78 is 5.23. The molecule has 0 spiro atoms. The predicted octanol–water partition coefficient (Wildman–Crippen LogP) is 5.11. The SMILES string of the molecule is CCOC(=O)c1sc2nc(CSc3ccccc3)nc(N[C@@H](C(N)=O)c3ccccc3)c2c1C. The number of hydrogen-bond donors (Lipinski definition) is 2. The summed E-state index contributed by atoms with van der Waals surface area (Å²) in [5.74, 6) is 0.634. The van der Waals surface area contributed by atoms with Gasteiger partial charge in [-0.05, 0) is 37.1 Å². The van der Waals surface area contributed by atoms with Crippen LogP contribution in [0.25, 0.3) is 10.2 Å². The van der Waals surface area contributed by atoms with Crippen molar-refractivity contribution in [1.29, 1.82) is 0 Å². The minimum atomic E-state index is -0.792. The number of ether oxygens (including phenoxy) is 1. The van der Waals surface area contributed by atoms with Gasteiger partial charge in [0.1, 0.15) is 27.4 Å². The Balaban J connectivity index is 1.77. The number of rotatable bonds is 9. The lowest BCUT2D eigenvalue weighted by molar-refractivity contribution is -0.118. The molecule has 1 atom stereocenters. The Kier molecular flexibility index (Phi) is 7.44. The summed E-state index contributed by atoms with van der Waals surface area (Å²) in [6.45, 7) is 3.88. The lowest BCUT2D eigenvalue weighted by Crippen LogP contribution is -2.28. The Hall–Kier alpha value is -3.43. The summed E-state index contributed by atoms with van der Waals surface area (Å²) in [7, 11) is 0. The van der Waals surface area contributed by atoms with E-state index in [1.54, 1.807) is 18.7 Å². The maximum absolute atomic E-state index is 12.5. The molecule has 0 fully saturated rings. The van der Waals surface area contributed by atoms with Crippen molar-refractivity contribution in [3.63, 3.8) is 0 Å². The molecule has 174 valence electrons. The molecule has 0 radical (unpaired) electrons. The number of nitrogens with one attached hydrogen (secondary N) is 1. The van der Waals surface area contributed by atoms with Gasteiger partial charge < -0.3 is 15.8 Å². The van der Waals surface area contributed by atoms with Gasteiger partial charge >= 0.3 is 5.97 Å². The number of esters is 1. The van der Waals surface area contributed by atoms with E-state index < -0.39 is 17.9 Å². The molecule has 7 nitrogen and oxygen atoms in total. The number of nitrogens with two attached hydrogens (primary N) is 1. The van der Waals surface area contributed by atoms with Crippen molar-refractivity contribution in [1.82, 2.24) is 9.97 Å². The Morgan fingerprint density at radius 2 is 1.76 bits per heavy atom. The molecule has 0 saturated heterocycles. The highest BCUT2D eigenvalue weighted by molar-refractivity contribution is 7.98. The molecular formula is C25H24N4O3S2. The molecular weight excluding hydrogens is 468 g/mol. The molecule has 1 amide bonds. The van der Waals surface area contributed by atoms with Crippen molar-refractivity contribution < 1.29 is 14.3 Å². The Morgan fingerprint density at radius 3 is 2.41 bits per heavy atom. The molecule has 3 N–H and O–H groups in total. The fourth-order valence-electron chi connectivity index (χ4n) is 3.51. The number of amides is 1. The summed E-state index contributed by atoms with van der Waals surface area (Å²) in [4.78, 5) is 36.6. The monoisotopic (exact) mass is 492 g/mol. The molecule has 0 aliphatic rings. The van der Waals surface area contributed by atoms with Gasteiger partial charge in [0.25, 0.3) is 0 Å². The van der Waals surface area contributed by atoms with Crippen molar-refractivity contribution in [3.8, 4) is 0 Å². The van der Waals surface area contributed by atoms with E-state index in [2.05, 4.69) is 5.32 Å². The van der Waals surface area contributed by atoms with Crippen molar-refractivity contribution in [3.05, 3.63) is 82.5 Å². The number of aryl methyl sites for hydroxylation is 1. The summed E-state index contributed by atoms with van der Waals surface area (Å²) >= 11 is 2.87. The summed E-state index contributed by atoms with van der Waals surface area (Å²) in [5, 5.41) is 3.91. The van der Waals surface area contributed by atoms with Crippen LogP contribution in [-0.4, -0.2) is 28.5 Å². The van der Waals surface area contributed by atoms with Gasteiger partial charge in [-0.2, -0.15) is 0 Å². The molecule has 9 heteroatoms. The molecule has 0 aliphatic heterocycles. The first-order chi connectivity index (χ1) is 16.5. The maximum atomic E-state index is 12.5. The predicted molar refractivity (Wildman–Crippen MR) is 136 cm³/mol. The standard InChI is InChI=1S/C25H24N4O3S2/c1-3-32-25(31)21-15(2)19-23(29-20(22(26)30)16-10-6-4-7-11-16)27-18(28-24(19)34-21)14-33-17-12-8-5-9-13-17/h4-13,20H,3,14H2,1-2H3,(H2,26,30)(H,27,28,29)/t20-/m1/s1. The highest BCUT2D eigenvalue weighted by atomic mass is 32.2. The zero-order valence-electron chi connectivity index (χ0n) is 18.8. The van der Waals surface area contributed by atoms with Crippen LogP contribution in [-0.2, 0) is 15.3 Å². The zero-order chi connectivity index (χ0) is 24.1. The molecule has 2 aromatic carbocycles. The summed E-state index contributed by atoms with van der Waals surface area (Å²) in [5.41, 5.74) is 7.17. The van der Waals surface area contributed by atoms with Gasteiger partial charge in [-0.15, -0.1) is 23.1 Å². The molecule has 2 aromatic heterocycles. The summed E-state index contributed by atoms with van der Waals surface area (Å²) in [6, 6.07) is 18.4. The molecule has 0 saturated carbocycles. The third kappa shape index (κ3) is 5.21. The number of primary amides is 1.